The van der Waals surface area contributed by atoms with Crippen LogP contribution in [0, 0.1) is 0 Å². The lowest BCUT2D eigenvalue weighted by molar-refractivity contribution is -0.0584. The van der Waals surface area contributed by atoms with Gasteiger partial charge in [-0.3, -0.25) is 14.5 Å². The highest BCUT2D eigenvalue weighted by atomic mass is 19.4. The first kappa shape index (κ1) is 20.5. The lowest BCUT2D eigenvalue weighted by Gasteiger charge is -2.14. The van der Waals surface area contributed by atoms with E-state index in [1.54, 1.807) is 60.5 Å². The SMILES string of the molecule is Cn1cc(-c2cc(C(N)=O)nc3cc(CC4=CC=CCN=C4C(F)(F)F)ccc23)cn1. The Morgan fingerprint density at radius 3 is 2.74 bits per heavy atom. The molecule has 0 saturated carbocycles. The van der Waals surface area contributed by atoms with Gasteiger partial charge in [0.1, 0.15) is 11.4 Å². The molecular weight excluding hydrogens is 407 g/mol. The number of aromatic nitrogens is 3. The number of amides is 1. The molecule has 1 amide bonds. The van der Waals surface area contributed by atoms with E-state index in [0.29, 0.717) is 16.6 Å². The lowest BCUT2D eigenvalue weighted by Crippen LogP contribution is -2.26. The quantitative estimate of drug-likeness (QED) is 0.690. The Hall–Kier alpha value is -3.75. The average molecular weight is 425 g/mol. The van der Waals surface area contributed by atoms with E-state index in [1.807, 2.05) is 0 Å². The van der Waals surface area contributed by atoms with Gasteiger partial charge in [-0.2, -0.15) is 18.3 Å². The Labute approximate surface area is 175 Å². The molecule has 0 bridgehead atoms. The zero-order chi connectivity index (χ0) is 22.2. The van der Waals surface area contributed by atoms with Gasteiger partial charge < -0.3 is 5.73 Å². The lowest BCUT2D eigenvalue weighted by atomic mass is 9.96. The van der Waals surface area contributed by atoms with E-state index >= 15 is 0 Å². The minimum absolute atomic E-state index is 0.0172. The molecular formula is C22H18F3N5O. The molecule has 6 nitrogen and oxygen atoms in total. The summed E-state index contributed by atoms with van der Waals surface area (Å²) in [4.78, 5) is 19.8. The number of hydrogen-bond donors (Lipinski definition) is 1. The van der Waals surface area contributed by atoms with Crippen molar-refractivity contribution in [2.75, 3.05) is 6.54 Å². The van der Waals surface area contributed by atoms with Crippen molar-refractivity contribution >= 4 is 22.5 Å². The van der Waals surface area contributed by atoms with E-state index in [0.717, 1.165) is 10.9 Å². The van der Waals surface area contributed by atoms with Gasteiger partial charge >= 0.3 is 6.18 Å². The number of rotatable bonds is 4. The molecule has 0 radical (unpaired) electrons. The highest BCUT2D eigenvalue weighted by Gasteiger charge is 2.37. The average Bonchev–Trinajstić information content (AvgIpc) is 2.99. The van der Waals surface area contributed by atoms with Crippen LogP contribution in [0.4, 0.5) is 13.2 Å². The number of benzene rings is 1. The predicted octanol–water partition coefficient (Wildman–Crippen LogP) is 3.78. The maximum atomic E-state index is 13.4. The van der Waals surface area contributed by atoms with Crippen LogP contribution in [-0.2, 0) is 13.5 Å². The molecule has 0 saturated heterocycles. The van der Waals surface area contributed by atoms with Crippen LogP contribution < -0.4 is 5.73 Å². The van der Waals surface area contributed by atoms with E-state index in [-0.39, 0.29) is 24.2 Å². The van der Waals surface area contributed by atoms with Gasteiger partial charge in [0.25, 0.3) is 5.91 Å². The van der Waals surface area contributed by atoms with Gasteiger partial charge in [-0.05, 0) is 35.3 Å². The van der Waals surface area contributed by atoms with Crippen LogP contribution in [0.5, 0.6) is 0 Å². The molecule has 3 aromatic rings. The number of aryl methyl sites for hydroxylation is 1. The standard InChI is InChI=1S/C22H18F3N5O/c1-30-12-15(11-28-30)17-10-19(21(26)31)29-18-9-13(5-6-16(17)18)8-14-4-2-3-7-27-20(14)22(23,24)25/h2-6,9-12H,7-8H2,1H3,(H2,26,31). The second-order valence-electron chi connectivity index (χ2n) is 7.16. The van der Waals surface area contributed by atoms with E-state index in [9.17, 15) is 18.0 Å². The van der Waals surface area contributed by atoms with Gasteiger partial charge in [-0.1, -0.05) is 30.4 Å². The molecule has 0 spiro atoms. The van der Waals surface area contributed by atoms with Gasteiger partial charge in [-0.15, -0.1) is 0 Å². The smallest absolute Gasteiger partial charge is 0.364 e. The summed E-state index contributed by atoms with van der Waals surface area (Å²) in [6.07, 6.45) is 3.49. The fourth-order valence-corrected chi connectivity index (χ4v) is 3.51. The summed E-state index contributed by atoms with van der Waals surface area (Å²) < 4.78 is 42.0. The Morgan fingerprint density at radius 2 is 2.06 bits per heavy atom. The number of aliphatic imine (C=N–C) groups is 1. The maximum Gasteiger partial charge on any atom is 0.433 e. The number of alkyl halides is 3. The molecule has 3 heterocycles. The number of hydrogen-bond acceptors (Lipinski definition) is 4. The summed E-state index contributed by atoms with van der Waals surface area (Å²) in [6.45, 7) is -0.0233. The van der Waals surface area contributed by atoms with E-state index < -0.39 is 17.8 Å². The summed E-state index contributed by atoms with van der Waals surface area (Å²) in [5.74, 6) is -0.694. The van der Waals surface area contributed by atoms with Crippen molar-refractivity contribution in [2.24, 2.45) is 17.8 Å². The highest BCUT2D eigenvalue weighted by Crippen LogP contribution is 2.31. The molecule has 1 aliphatic heterocycles. The van der Waals surface area contributed by atoms with E-state index in [2.05, 4.69) is 15.1 Å². The fraction of sp³-hybridized carbons (Fsp3) is 0.182. The molecule has 1 aromatic carbocycles. The largest absolute Gasteiger partial charge is 0.433 e. The number of halogens is 3. The number of primary amides is 1. The van der Waals surface area contributed by atoms with Crippen LogP contribution in [0.15, 0.2) is 65.5 Å². The summed E-state index contributed by atoms with van der Waals surface area (Å²) in [6, 6.07) is 6.79. The highest BCUT2D eigenvalue weighted by molar-refractivity contribution is 6.05. The normalized spacial score (nSPS) is 14.3. The molecule has 0 aliphatic carbocycles. The maximum absolute atomic E-state index is 13.4. The van der Waals surface area contributed by atoms with Crippen molar-refractivity contribution in [2.45, 2.75) is 12.6 Å². The number of nitrogens with two attached hydrogens (primary N) is 1. The van der Waals surface area contributed by atoms with Crippen molar-refractivity contribution in [3.8, 4) is 11.1 Å². The topological polar surface area (TPSA) is 86.2 Å². The van der Waals surface area contributed by atoms with Crippen molar-refractivity contribution in [3.05, 3.63) is 71.7 Å². The minimum Gasteiger partial charge on any atom is -0.364 e. The van der Waals surface area contributed by atoms with Gasteiger partial charge in [0.15, 0.2) is 0 Å². The van der Waals surface area contributed by atoms with Crippen LogP contribution in [0.1, 0.15) is 16.1 Å². The summed E-state index contributed by atoms with van der Waals surface area (Å²) >= 11 is 0. The zero-order valence-electron chi connectivity index (χ0n) is 16.5. The van der Waals surface area contributed by atoms with Gasteiger partial charge in [0, 0.05) is 24.2 Å². The number of nitrogens with zero attached hydrogens (tertiary/aromatic N) is 4. The zero-order valence-corrected chi connectivity index (χ0v) is 16.5. The third-order valence-corrected chi connectivity index (χ3v) is 4.90. The van der Waals surface area contributed by atoms with Crippen molar-refractivity contribution in [3.63, 3.8) is 0 Å². The molecule has 2 N–H and O–H groups in total. The Kier molecular flexibility index (Phi) is 5.18. The van der Waals surface area contributed by atoms with Crippen molar-refractivity contribution < 1.29 is 18.0 Å². The first-order valence-electron chi connectivity index (χ1n) is 9.42. The monoisotopic (exact) mass is 425 g/mol. The molecule has 0 unspecified atom stereocenters. The fourth-order valence-electron chi connectivity index (χ4n) is 3.51. The molecule has 4 rings (SSSR count). The summed E-state index contributed by atoms with van der Waals surface area (Å²) in [7, 11) is 1.77. The first-order chi connectivity index (χ1) is 14.7. The van der Waals surface area contributed by atoms with Crippen LogP contribution in [0.3, 0.4) is 0 Å². The summed E-state index contributed by atoms with van der Waals surface area (Å²) in [5.41, 5.74) is 7.26. The molecule has 1 aliphatic rings. The Bertz CT molecular complexity index is 1270. The Morgan fingerprint density at radius 1 is 1.26 bits per heavy atom. The van der Waals surface area contributed by atoms with Crippen LogP contribution in [-0.4, -0.2) is 39.1 Å². The third-order valence-electron chi connectivity index (χ3n) is 4.90. The molecule has 31 heavy (non-hydrogen) atoms. The number of allylic oxidation sites excluding steroid dienone is 3. The number of carbonyl (C=O) groups is 1. The van der Waals surface area contributed by atoms with E-state index in [4.69, 9.17) is 5.73 Å². The van der Waals surface area contributed by atoms with Crippen molar-refractivity contribution in [1.82, 2.24) is 14.8 Å². The predicted molar refractivity (Wildman–Crippen MR) is 112 cm³/mol. The number of carbonyl (C=O) groups excluding carboxylic acids is 1. The minimum atomic E-state index is -4.54. The molecule has 158 valence electrons. The molecule has 0 atom stereocenters. The van der Waals surface area contributed by atoms with Crippen LogP contribution in [0.25, 0.3) is 22.0 Å². The van der Waals surface area contributed by atoms with Gasteiger partial charge in [-0.25, -0.2) is 4.98 Å². The van der Waals surface area contributed by atoms with Crippen molar-refractivity contribution in [1.29, 1.82) is 0 Å². The number of fused-ring (bicyclic) bond motifs is 1. The molecule has 0 fully saturated rings. The molecule has 9 heteroatoms. The Balaban J connectivity index is 1.80. The third kappa shape index (κ3) is 4.25. The second-order valence-corrected chi connectivity index (χ2v) is 7.16. The van der Waals surface area contributed by atoms with Gasteiger partial charge in [0.05, 0.1) is 18.3 Å². The van der Waals surface area contributed by atoms with E-state index in [1.165, 1.54) is 6.08 Å². The van der Waals surface area contributed by atoms with Crippen LogP contribution in [0.2, 0.25) is 0 Å². The second kappa shape index (κ2) is 7.82. The number of pyridine rings is 1. The van der Waals surface area contributed by atoms with Crippen LogP contribution >= 0.6 is 0 Å². The van der Waals surface area contributed by atoms with Gasteiger partial charge in [0.2, 0.25) is 0 Å². The molecule has 2 aromatic heterocycles. The summed E-state index contributed by atoms with van der Waals surface area (Å²) in [5, 5.41) is 4.89. The first-order valence-corrected chi connectivity index (χ1v) is 9.42.